The number of amides is 1. The molecule has 3 heterocycles. The Morgan fingerprint density at radius 3 is 2.50 bits per heavy atom. The minimum atomic E-state index is -0.0853. The summed E-state index contributed by atoms with van der Waals surface area (Å²) in [6.45, 7) is 0. The van der Waals surface area contributed by atoms with Gasteiger partial charge in [0, 0.05) is 23.7 Å². The maximum atomic E-state index is 12.6. The van der Waals surface area contributed by atoms with Crippen molar-refractivity contribution in [3.8, 4) is 11.3 Å². The van der Waals surface area contributed by atoms with Crippen LogP contribution < -0.4 is 10.6 Å². The van der Waals surface area contributed by atoms with E-state index >= 15 is 0 Å². The van der Waals surface area contributed by atoms with Gasteiger partial charge in [0.05, 0.1) is 4.47 Å². The van der Waals surface area contributed by atoms with Gasteiger partial charge in [0.1, 0.15) is 11.4 Å². The first-order chi connectivity index (χ1) is 11.2. The smallest absolute Gasteiger partial charge is 0.270 e. The highest BCUT2D eigenvalue weighted by atomic mass is 79.9. The summed E-state index contributed by atoms with van der Waals surface area (Å²) < 4.78 is 0.720. The molecule has 3 N–H and O–H groups in total. The molecule has 128 valence electrons. The Hall–Kier alpha value is -1.37. The van der Waals surface area contributed by atoms with Gasteiger partial charge in [-0.3, -0.25) is 9.89 Å². The predicted molar refractivity (Wildman–Crippen MR) is 99.4 cm³/mol. The zero-order valence-corrected chi connectivity index (χ0v) is 15.5. The van der Waals surface area contributed by atoms with Crippen molar-refractivity contribution in [2.75, 3.05) is 0 Å². The van der Waals surface area contributed by atoms with Crippen molar-refractivity contribution < 1.29 is 4.79 Å². The summed E-state index contributed by atoms with van der Waals surface area (Å²) in [5.74, 6) is -0.0853. The number of benzene rings is 1. The average Bonchev–Trinajstić information content (AvgIpc) is 3.10. The Morgan fingerprint density at radius 2 is 1.83 bits per heavy atom. The number of aromatic nitrogens is 2. The molecule has 0 radical (unpaired) electrons. The zero-order valence-electron chi connectivity index (χ0n) is 13.1. The number of halogens is 2. The first-order valence-corrected chi connectivity index (χ1v) is 8.86. The molecular formula is C17H20BrClN4O. The lowest BCUT2D eigenvalue weighted by atomic mass is 10.00. The fourth-order valence-electron chi connectivity index (χ4n) is 3.70. The molecule has 2 aromatic rings. The van der Waals surface area contributed by atoms with Gasteiger partial charge < -0.3 is 10.6 Å². The summed E-state index contributed by atoms with van der Waals surface area (Å²) in [4.78, 5) is 12.6. The highest BCUT2D eigenvalue weighted by molar-refractivity contribution is 9.10. The Balaban J connectivity index is 0.00000169. The lowest BCUT2D eigenvalue weighted by Crippen LogP contribution is -2.48. The summed E-state index contributed by atoms with van der Waals surface area (Å²) in [6, 6.07) is 11.2. The van der Waals surface area contributed by atoms with Crippen molar-refractivity contribution in [1.29, 1.82) is 0 Å². The third-order valence-electron chi connectivity index (χ3n) is 4.79. The van der Waals surface area contributed by atoms with E-state index in [1.807, 2.05) is 30.3 Å². The third kappa shape index (κ3) is 3.36. The van der Waals surface area contributed by atoms with E-state index in [2.05, 4.69) is 36.8 Å². The van der Waals surface area contributed by atoms with Crippen LogP contribution in [-0.2, 0) is 0 Å². The van der Waals surface area contributed by atoms with Crippen LogP contribution >= 0.6 is 28.3 Å². The number of nitrogens with one attached hydrogen (secondary N) is 3. The van der Waals surface area contributed by atoms with E-state index in [-0.39, 0.29) is 24.4 Å². The molecule has 24 heavy (non-hydrogen) atoms. The van der Waals surface area contributed by atoms with Gasteiger partial charge in [0.15, 0.2) is 0 Å². The third-order valence-corrected chi connectivity index (χ3v) is 5.56. The second-order valence-electron chi connectivity index (χ2n) is 6.41. The number of fused-ring (bicyclic) bond motifs is 2. The molecule has 4 rings (SSSR count). The second kappa shape index (κ2) is 7.25. The number of nitrogens with zero attached hydrogens (tertiary/aromatic N) is 1. The van der Waals surface area contributed by atoms with E-state index < -0.39 is 0 Å². The number of rotatable bonds is 3. The molecule has 2 atom stereocenters. The summed E-state index contributed by atoms with van der Waals surface area (Å²) in [7, 11) is 0. The fraction of sp³-hybridized carbons (Fsp3) is 0.412. The highest BCUT2D eigenvalue weighted by Gasteiger charge is 2.34. The number of aromatic amines is 1. The topological polar surface area (TPSA) is 69.8 Å². The molecule has 1 aromatic heterocycles. The highest BCUT2D eigenvalue weighted by Crippen LogP contribution is 2.30. The van der Waals surface area contributed by atoms with Gasteiger partial charge in [-0.25, -0.2) is 0 Å². The van der Waals surface area contributed by atoms with Gasteiger partial charge in [0.25, 0.3) is 5.91 Å². The quantitative estimate of drug-likeness (QED) is 0.726. The van der Waals surface area contributed by atoms with Crippen LogP contribution in [0.15, 0.2) is 34.8 Å². The van der Waals surface area contributed by atoms with E-state index in [9.17, 15) is 4.79 Å². The van der Waals surface area contributed by atoms with Crippen molar-refractivity contribution in [2.24, 2.45) is 0 Å². The molecule has 2 saturated heterocycles. The van der Waals surface area contributed by atoms with Gasteiger partial charge >= 0.3 is 0 Å². The Morgan fingerprint density at radius 1 is 1.17 bits per heavy atom. The molecule has 2 aliphatic heterocycles. The normalized spacial score (nSPS) is 25.1. The van der Waals surface area contributed by atoms with Crippen molar-refractivity contribution >= 4 is 34.2 Å². The first kappa shape index (κ1) is 17.5. The van der Waals surface area contributed by atoms with Crippen LogP contribution in [-0.4, -0.2) is 34.2 Å². The lowest BCUT2D eigenvalue weighted by molar-refractivity contribution is 0.0918. The number of H-pyrrole nitrogens is 1. The largest absolute Gasteiger partial charge is 0.348 e. The van der Waals surface area contributed by atoms with Crippen LogP contribution in [0.3, 0.4) is 0 Å². The predicted octanol–water partition coefficient (Wildman–Crippen LogP) is 3.27. The summed E-state index contributed by atoms with van der Waals surface area (Å²) in [5, 5.41) is 13.9. The molecule has 0 saturated carbocycles. The number of piperidine rings is 1. The van der Waals surface area contributed by atoms with Gasteiger partial charge in [-0.2, -0.15) is 5.10 Å². The van der Waals surface area contributed by atoms with Crippen molar-refractivity contribution in [3.05, 3.63) is 40.5 Å². The molecule has 7 heteroatoms. The average molecular weight is 412 g/mol. The minimum absolute atomic E-state index is 0. The summed E-state index contributed by atoms with van der Waals surface area (Å²) in [5.41, 5.74) is 2.24. The number of hydrogen-bond acceptors (Lipinski definition) is 3. The first-order valence-electron chi connectivity index (χ1n) is 8.07. The van der Waals surface area contributed by atoms with E-state index in [1.165, 1.54) is 12.8 Å². The standard InChI is InChI=1S/C17H19BrN4O.ClH/c18-14-15(10-4-2-1-3-5-10)21-22-16(14)17(23)20-13-8-11-6-7-12(9-13)19-11;/h1-5,11-13,19H,6-9H2,(H,20,23)(H,21,22);1H. The van der Waals surface area contributed by atoms with E-state index in [4.69, 9.17) is 0 Å². The summed E-state index contributed by atoms with van der Waals surface area (Å²) >= 11 is 3.52. The molecule has 2 aliphatic rings. The molecular weight excluding hydrogens is 392 g/mol. The fourth-order valence-corrected chi connectivity index (χ4v) is 4.29. The minimum Gasteiger partial charge on any atom is -0.348 e. The second-order valence-corrected chi connectivity index (χ2v) is 7.20. The van der Waals surface area contributed by atoms with Gasteiger partial charge in [-0.15, -0.1) is 12.4 Å². The molecule has 1 amide bonds. The van der Waals surface area contributed by atoms with E-state index in [0.29, 0.717) is 17.8 Å². The summed E-state index contributed by atoms with van der Waals surface area (Å²) in [6.07, 6.45) is 4.48. The molecule has 5 nitrogen and oxygen atoms in total. The SMILES string of the molecule is Cl.O=C(NC1CC2CCC(C1)N2)c1[nH]nc(-c2ccccc2)c1Br. The van der Waals surface area contributed by atoms with Crippen LogP contribution in [0.4, 0.5) is 0 Å². The number of hydrogen-bond donors (Lipinski definition) is 3. The van der Waals surface area contributed by atoms with Crippen molar-refractivity contribution in [3.63, 3.8) is 0 Å². The van der Waals surface area contributed by atoms with Gasteiger partial charge in [-0.05, 0) is 41.6 Å². The number of carbonyl (C=O) groups excluding carboxylic acids is 1. The van der Waals surface area contributed by atoms with Crippen LogP contribution in [0, 0.1) is 0 Å². The van der Waals surface area contributed by atoms with Crippen LogP contribution in [0.1, 0.15) is 36.2 Å². The molecule has 2 fully saturated rings. The molecule has 0 spiro atoms. The van der Waals surface area contributed by atoms with Gasteiger partial charge in [-0.1, -0.05) is 30.3 Å². The Kier molecular flexibility index (Phi) is 5.27. The zero-order chi connectivity index (χ0) is 15.8. The van der Waals surface area contributed by atoms with Crippen LogP contribution in [0.5, 0.6) is 0 Å². The molecule has 0 aliphatic carbocycles. The number of carbonyl (C=O) groups is 1. The van der Waals surface area contributed by atoms with Crippen molar-refractivity contribution in [2.45, 2.75) is 43.8 Å². The lowest BCUT2D eigenvalue weighted by Gasteiger charge is -2.29. The van der Waals surface area contributed by atoms with E-state index in [1.54, 1.807) is 0 Å². The molecule has 2 unspecified atom stereocenters. The maximum absolute atomic E-state index is 12.6. The maximum Gasteiger partial charge on any atom is 0.270 e. The van der Waals surface area contributed by atoms with Gasteiger partial charge in [0.2, 0.25) is 0 Å². The molecule has 1 aromatic carbocycles. The van der Waals surface area contributed by atoms with Crippen LogP contribution in [0.2, 0.25) is 0 Å². The van der Waals surface area contributed by atoms with Crippen LogP contribution in [0.25, 0.3) is 11.3 Å². The Bertz CT molecular complexity index is 709. The molecule has 2 bridgehead atoms. The van der Waals surface area contributed by atoms with E-state index in [0.717, 1.165) is 28.6 Å². The Labute approximate surface area is 155 Å². The van der Waals surface area contributed by atoms with Crippen molar-refractivity contribution in [1.82, 2.24) is 20.8 Å². The monoisotopic (exact) mass is 410 g/mol.